The average molecular weight is 336 g/mol. The minimum Gasteiger partial charge on any atom is -0.370 e. The Balaban J connectivity index is 1.80. The number of aromatic nitrogens is 2. The number of guanidine groups is 1. The van der Waals surface area contributed by atoms with Crippen molar-refractivity contribution in [1.29, 1.82) is 0 Å². The molecule has 5 N–H and O–H groups in total. The molecule has 0 radical (unpaired) electrons. The van der Waals surface area contributed by atoms with E-state index in [1.54, 1.807) is 30.6 Å². The quantitative estimate of drug-likeness (QED) is 0.434. The summed E-state index contributed by atoms with van der Waals surface area (Å²) >= 11 is 0. The smallest absolute Gasteiger partial charge is 0.255 e. The van der Waals surface area contributed by atoms with Crippen LogP contribution in [0.1, 0.15) is 22.8 Å². The summed E-state index contributed by atoms with van der Waals surface area (Å²) in [5.74, 6) is 0.179. The van der Waals surface area contributed by atoms with Gasteiger partial charge in [-0.25, -0.2) is 4.98 Å². The van der Waals surface area contributed by atoms with Gasteiger partial charge >= 0.3 is 0 Å². The monoisotopic (exact) mass is 336 g/mol. The van der Waals surface area contributed by atoms with E-state index < -0.39 is 0 Å². The standard InChI is InChI=1S/C18H20N6O/c1-3-20-18(19)23-12-4-5-13(11(2)10-12)17(25)24-15-7-9-22-16-14(15)6-8-21-16/h4-10H,3H2,1-2H3,(H3,19,20,23)(H2,21,22,24,25). The van der Waals surface area contributed by atoms with Crippen LogP contribution in [-0.2, 0) is 0 Å². The van der Waals surface area contributed by atoms with Crippen LogP contribution in [0.15, 0.2) is 47.7 Å². The van der Waals surface area contributed by atoms with E-state index in [0.717, 1.165) is 28.0 Å². The number of pyridine rings is 1. The van der Waals surface area contributed by atoms with E-state index in [1.807, 2.05) is 26.0 Å². The molecule has 2 heterocycles. The second kappa shape index (κ2) is 7.04. The SMILES string of the molecule is CCN=C(N)Nc1ccc(C(=O)Nc2ccnc3[nH]ccc23)c(C)c1. The molecule has 7 heteroatoms. The van der Waals surface area contributed by atoms with Gasteiger partial charge in [-0.15, -0.1) is 0 Å². The van der Waals surface area contributed by atoms with Crippen molar-refractivity contribution < 1.29 is 4.79 Å². The summed E-state index contributed by atoms with van der Waals surface area (Å²) in [6, 6.07) is 9.10. The third kappa shape index (κ3) is 3.60. The number of amides is 1. The summed E-state index contributed by atoms with van der Waals surface area (Å²) in [7, 11) is 0. The van der Waals surface area contributed by atoms with Crippen LogP contribution in [0.5, 0.6) is 0 Å². The summed E-state index contributed by atoms with van der Waals surface area (Å²) in [4.78, 5) is 23.9. The van der Waals surface area contributed by atoms with Gasteiger partial charge in [-0.2, -0.15) is 0 Å². The summed E-state index contributed by atoms with van der Waals surface area (Å²) in [5, 5.41) is 6.82. The Kier molecular flexibility index (Phi) is 4.65. The zero-order valence-electron chi connectivity index (χ0n) is 14.1. The summed E-state index contributed by atoms with van der Waals surface area (Å²) < 4.78 is 0. The molecular weight excluding hydrogens is 316 g/mol. The van der Waals surface area contributed by atoms with Crippen LogP contribution < -0.4 is 16.4 Å². The van der Waals surface area contributed by atoms with Gasteiger partial charge in [0.05, 0.1) is 5.69 Å². The number of hydrogen-bond acceptors (Lipinski definition) is 3. The van der Waals surface area contributed by atoms with E-state index >= 15 is 0 Å². The highest BCUT2D eigenvalue weighted by Crippen LogP contribution is 2.22. The van der Waals surface area contributed by atoms with Crippen molar-refractivity contribution in [2.45, 2.75) is 13.8 Å². The molecule has 0 saturated carbocycles. The number of benzene rings is 1. The fourth-order valence-corrected chi connectivity index (χ4v) is 2.61. The Labute approximate surface area is 145 Å². The second-order valence-electron chi connectivity index (χ2n) is 5.57. The largest absolute Gasteiger partial charge is 0.370 e. The molecule has 0 bridgehead atoms. The van der Waals surface area contributed by atoms with Crippen molar-refractivity contribution in [3.8, 4) is 0 Å². The van der Waals surface area contributed by atoms with E-state index in [4.69, 9.17) is 5.73 Å². The molecule has 0 atom stereocenters. The molecule has 25 heavy (non-hydrogen) atoms. The highest BCUT2D eigenvalue weighted by Gasteiger charge is 2.12. The minimum atomic E-state index is -0.173. The van der Waals surface area contributed by atoms with Gasteiger partial charge in [0.25, 0.3) is 5.91 Å². The van der Waals surface area contributed by atoms with E-state index in [0.29, 0.717) is 18.1 Å². The van der Waals surface area contributed by atoms with E-state index in [2.05, 4.69) is 25.6 Å². The number of carbonyl (C=O) groups is 1. The molecule has 0 spiro atoms. The first-order valence-electron chi connectivity index (χ1n) is 7.99. The lowest BCUT2D eigenvalue weighted by Crippen LogP contribution is -2.23. The van der Waals surface area contributed by atoms with E-state index in [9.17, 15) is 4.79 Å². The fraction of sp³-hybridized carbons (Fsp3) is 0.167. The third-order valence-corrected chi connectivity index (χ3v) is 3.78. The molecule has 0 aliphatic rings. The van der Waals surface area contributed by atoms with Crippen LogP contribution in [0.4, 0.5) is 11.4 Å². The van der Waals surface area contributed by atoms with Crippen molar-refractivity contribution in [3.63, 3.8) is 0 Å². The maximum atomic E-state index is 12.6. The number of fused-ring (bicyclic) bond motifs is 1. The number of H-pyrrole nitrogens is 1. The van der Waals surface area contributed by atoms with E-state index in [-0.39, 0.29) is 5.91 Å². The van der Waals surface area contributed by atoms with Crippen LogP contribution in [0.25, 0.3) is 11.0 Å². The molecule has 2 aromatic heterocycles. The van der Waals surface area contributed by atoms with Crippen LogP contribution in [0, 0.1) is 6.92 Å². The molecule has 128 valence electrons. The molecule has 3 aromatic rings. The molecule has 1 aromatic carbocycles. The molecule has 0 saturated heterocycles. The first-order valence-corrected chi connectivity index (χ1v) is 7.99. The van der Waals surface area contributed by atoms with Gasteiger partial charge in [-0.3, -0.25) is 9.79 Å². The Morgan fingerprint density at radius 1 is 1.28 bits per heavy atom. The Morgan fingerprint density at radius 2 is 2.12 bits per heavy atom. The lowest BCUT2D eigenvalue weighted by Gasteiger charge is -2.11. The number of aromatic amines is 1. The van der Waals surface area contributed by atoms with Gasteiger partial charge in [-0.05, 0) is 49.7 Å². The van der Waals surface area contributed by atoms with Crippen LogP contribution in [0.2, 0.25) is 0 Å². The maximum Gasteiger partial charge on any atom is 0.255 e. The van der Waals surface area contributed by atoms with Crippen LogP contribution in [0.3, 0.4) is 0 Å². The number of anilines is 2. The summed E-state index contributed by atoms with van der Waals surface area (Å²) in [6.45, 7) is 4.40. The predicted octanol–water partition coefficient (Wildman–Crippen LogP) is 2.87. The first-order chi connectivity index (χ1) is 12.1. The molecule has 1 amide bonds. The molecular formula is C18H20N6O. The predicted molar refractivity (Wildman–Crippen MR) is 101 cm³/mol. The summed E-state index contributed by atoms with van der Waals surface area (Å²) in [6.07, 6.45) is 3.45. The second-order valence-corrected chi connectivity index (χ2v) is 5.57. The molecule has 0 fully saturated rings. The molecule has 7 nitrogen and oxygen atoms in total. The lowest BCUT2D eigenvalue weighted by molar-refractivity contribution is 0.102. The summed E-state index contributed by atoms with van der Waals surface area (Å²) in [5.41, 5.74) is 9.44. The number of aliphatic imine (C=N–C) groups is 1. The zero-order chi connectivity index (χ0) is 17.8. The number of rotatable bonds is 4. The number of nitrogens with zero attached hydrogens (tertiary/aromatic N) is 2. The maximum absolute atomic E-state index is 12.6. The number of nitrogens with one attached hydrogen (secondary N) is 3. The number of hydrogen-bond donors (Lipinski definition) is 4. The highest BCUT2D eigenvalue weighted by atomic mass is 16.1. The van der Waals surface area contributed by atoms with Crippen molar-refractivity contribution in [2.24, 2.45) is 10.7 Å². The normalized spacial score (nSPS) is 11.5. The first kappa shape index (κ1) is 16.5. The van der Waals surface area contributed by atoms with Crippen molar-refractivity contribution >= 4 is 34.3 Å². The van der Waals surface area contributed by atoms with Gasteiger partial charge in [-0.1, -0.05) is 0 Å². The topological polar surface area (TPSA) is 108 Å². The van der Waals surface area contributed by atoms with Crippen molar-refractivity contribution in [2.75, 3.05) is 17.2 Å². The molecule has 0 aliphatic carbocycles. The zero-order valence-corrected chi connectivity index (χ0v) is 14.1. The number of carbonyl (C=O) groups excluding carboxylic acids is 1. The van der Waals surface area contributed by atoms with Crippen LogP contribution in [-0.4, -0.2) is 28.4 Å². The minimum absolute atomic E-state index is 0.173. The highest BCUT2D eigenvalue weighted by molar-refractivity contribution is 6.09. The lowest BCUT2D eigenvalue weighted by atomic mass is 10.1. The Morgan fingerprint density at radius 3 is 2.88 bits per heavy atom. The number of nitrogens with two attached hydrogens (primary N) is 1. The van der Waals surface area contributed by atoms with Gasteiger partial charge < -0.3 is 21.4 Å². The number of aryl methyl sites for hydroxylation is 1. The van der Waals surface area contributed by atoms with Crippen molar-refractivity contribution in [3.05, 3.63) is 53.9 Å². The molecule has 3 rings (SSSR count). The Hall–Kier alpha value is -3.35. The fourth-order valence-electron chi connectivity index (χ4n) is 2.61. The molecule has 0 unspecified atom stereocenters. The van der Waals surface area contributed by atoms with Gasteiger partial charge in [0.15, 0.2) is 5.96 Å². The third-order valence-electron chi connectivity index (χ3n) is 3.78. The average Bonchev–Trinajstić information content (AvgIpc) is 3.04. The van der Waals surface area contributed by atoms with Gasteiger partial charge in [0, 0.05) is 35.6 Å². The molecule has 0 aliphatic heterocycles. The van der Waals surface area contributed by atoms with Crippen LogP contribution >= 0.6 is 0 Å². The van der Waals surface area contributed by atoms with Gasteiger partial charge in [0.2, 0.25) is 0 Å². The Bertz CT molecular complexity index is 944. The van der Waals surface area contributed by atoms with Gasteiger partial charge in [0.1, 0.15) is 5.65 Å². The van der Waals surface area contributed by atoms with Crippen molar-refractivity contribution in [1.82, 2.24) is 9.97 Å². The van der Waals surface area contributed by atoms with E-state index in [1.165, 1.54) is 0 Å².